The first kappa shape index (κ1) is 19.0. The smallest absolute Gasteiger partial charge is 0.190 e. The second kappa shape index (κ2) is 13.0. The lowest BCUT2D eigenvalue weighted by atomic mass is 10.2. The van der Waals surface area contributed by atoms with E-state index in [9.17, 15) is 0 Å². The van der Waals surface area contributed by atoms with E-state index >= 15 is 0 Å². The summed E-state index contributed by atoms with van der Waals surface area (Å²) >= 11 is 0. The molecule has 4 nitrogen and oxygen atoms in total. The Morgan fingerprint density at radius 2 is 1.84 bits per heavy atom. The summed E-state index contributed by atoms with van der Waals surface area (Å²) in [4.78, 5) is 4.20. The number of hydrogen-bond acceptors (Lipinski definition) is 2. The summed E-state index contributed by atoms with van der Waals surface area (Å²) in [6.07, 6.45) is 7.52. The number of halogens is 1. The fourth-order valence-corrected chi connectivity index (χ4v) is 1.72. The SMILES string of the molecule is CCCCCNC(=NC)NCCCOCC1CC1.I. The van der Waals surface area contributed by atoms with E-state index in [1.165, 1.54) is 32.1 Å². The summed E-state index contributed by atoms with van der Waals surface area (Å²) in [6.45, 7) is 5.97. The Hall–Kier alpha value is -0.0400. The molecule has 0 bridgehead atoms. The van der Waals surface area contributed by atoms with Gasteiger partial charge in [-0.25, -0.2) is 0 Å². The minimum Gasteiger partial charge on any atom is -0.381 e. The van der Waals surface area contributed by atoms with Crippen LogP contribution in [0.3, 0.4) is 0 Å². The normalized spacial score (nSPS) is 14.9. The molecular weight excluding hydrogens is 353 g/mol. The highest BCUT2D eigenvalue weighted by molar-refractivity contribution is 14.0. The quantitative estimate of drug-likeness (QED) is 0.264. The second-order valence-corrected chi connectivity index (χ2v) is 5.00. The predicted octanol–water partition coefficient (Wildman–Crippen LogP) is 2.78. The first-order chi connectivity index (χ1) is 8.86. The maximum Gasteiger partial charge on any atom is 0.190 e. The van der Waals surface area contributed by atoms with E-state index in [1.54, 1.807) is 0 Å². The lowest BCUT2D eigenvalue weighted by molar-refractivity contribution is 0.123. The Balaban J connectivity index is 0.00000324. The summed E-state index contributed by atoms with van der Waals surface area (Å²) in [7, 11) is 1.82. The van der Waals surface area contributed by atoms with Crippen LogP contribution in [0.4, 0.5) is 0 Å². The van der Waals surface area contributed by atoms with Gasteiger partial charge < -0.3 is 15.4 Å². The molecule has 0 atom stereocenters. The summed E-state index contributed by atoms with van der Waals surface area (Å²) in [6, 6.07) is 0. The highest BCUT2D eigenvalue weighted by Crippen LogP contribution is 2.28. The lowest BCUT2D eigenvalue weighted by Gasteiger charge is -2.11. The minimum atomic E-state index is 0. The molecule has 0 amide bonds. The number of nitrogens with zero attached hydrogens (tertiary/aromatic N) is 1. The molecule has 0 heterocycles. The van der Waals surface area contributed by atoms with Crippen LogP contribution in [-0.4, -0.2) is 39.3 Å². The largest absolute Gasteiger partial charge is 0.381 e. The van der Waals surface area contributed by atoms with Crippen LogP contribution in [0.25, 0.3) is 0 Å². The third-order valence-corrected chi connectivity index (χ3v) is 3.10. The third-order valence-electron chi connectivity index (χ3n) is 3.10. The Bertz CT molecular complexity index is 233. The number of guanidine groups is 1. The maximum atomic E-state index is 5.59. The molecule has 0 unspecified atom stereocenters. The van der Waals surface area contributed by atoms with Gasteiger partial charge in [0, 0.05) is 33.4 Å². The second-order valence-electron chi connectivity index (χ2n) is 5.00. The lowest BCUT2D eigenvalue weighted by Crippen LogP contribution is -2.38. The van der Waals surface area contributed by atoms with E-state index in [4.69, 9.17) is 4.74 Å². The molecule has 0 aromatic rings. The molecule has 0 spiro atoms. The van der Waals surface area contributed by atoms with Crippen molar-refractivity contribution in [1.82, 2.24) is 10.6 Å². The van der Waals surface area contributed by atoms with Crippen molar-refractivity contribution in [3.63, 3.8) is 0 Å². The predicted molar refractivity (Wildman–Crippen MR) is 92.5 cm³/mol. The molecular formula is C14H30IN3O. The van der Waals surface area contributed by atoms with E-state index in [2.05, 4.69) is 22.5 Å². The van der Waals surface area contributed by atoms with E-state index < -0.39 is 0 Å². The van der Waals surface area contributed by atoms with Crippen LogP contribution in [0.5, 0.6) is 0 Å². The standard InChI is InChI=1S/C14H29N3O.HI/c1-3-4-5-9-16-14(15-2)17-10-6-11-18-12-13-7-8-13;/h13H,3-12H2,1-2H3,(H2,15,16,17);1H. The van der Waals surface area contributed by atoms with Crippen LogP contribution in [0.1, 0.15) is 45.4 Å². The van der Waals surface area contributed by atoms with Gasteiger partial charge in [0.25, 0.3) is 0 Å². The molecule has 1 saturated carbocycles. The number of rotatable bonds is 10. The highest BCUT2D eigenvalue weighted by Gasteiger charge is 2.20. The van der Waals surface area contributed by atoms with Gasteiger partial charge in [-0.05, 0) is 31.6 Å². The minimum absolute atomic E-state index is 0. The van der Waals surface area contributed by atoms with Crippen molar-refractivity contribution < 1.29 is 4.74 Å². The summed E-state index contributed by atoms with van der Waals surface area (Å²) in [5.41, 5.74) is 0. The van der Waals surface area contributed by atoms with E-state index in [1.807, 2.05) is 7.05 Å². The van der Waals surface area contributed by atoms with Crippen LogP contribution in [0.15, 0.2) is 4.99 Å². The van der Waals surface area contributed by atoms with Gasteiger partial charge in [-0.1, -0.05) is 19.8 Å². The fraction of sp³-hybridized carbons (Fsp3) is 0.929. The van der Waals surface area contributed by atoms with Gasteiger partial charge in [-0.2, -0.15) is 0 Å². The number of unbranched alkanes of at least 4 members (excludes halogenated alkanes) is 2. The van der Waals surface area contributed by atoms with Gasteiger partial charge in [0.15, 0.2) is 5.96 Å². The van der Waals surface area contributed by atoms with Crippen molar-refractivity contribution >= 4 is 29.9 Å². The van der Waals surface area contributed by atoms with Crippen molar-refractivity contribution in [2.24, 2.45) is 10.9 Å². The molecule has 0 radical (unpaired) electrons. The van der Waals surface area contributed by atoms with Crippen molar-refractivity contribution in [2.45, 2.75) is 45.4 Å². The van der Waals surface area contributed by atoms with Crippen molar-refractivity contribution in [3.8, 4) is 0 Å². The Morgan fingerprint density at radius 3 is 2.42 bits per heavy atom. The Kier molecular flexibility index (Phi) is 12.9. The molecule has 114 valence electrons. The zero-order valence-corrected chi connectivity index (χ0v) is 14.7. The first-order valence-electron chi connectivity index (χ1n) is 7.39. The molecule has 0 aromatic heterocycles. The van der Waals surface area contributed by atoms with E-state index in [0.717, 1.165) is 44.6 Å². The van der Waals surface area contributed by atoms with Gasteiger partial charge in [0.1, 0.15) is 0 Å². The molecule has 1 aliphatic rings. The fourth-order valence-electron chi connectivity index (χ4n) is 1.72. The van der Waals surface area contributed by atoms with E-state index in [0.29, 0.717) is 0 Å². The van der Waals surface area contributed by atoms with Gasteiger partial charge in [0.05, 0.1) is 0 Å². The molecule has 0 aliphatic heterocycles. The summed E-state index contributed by atoms with van der Waals surface area (Å²) < 4.78 is 5.59. The van der Waals surface area contributed by atoms with Crippen molar-refractivity contribution in [1.29, 1.82) is 0 Å². The zero-order chi connectivity index (χ0) is 13.1. The molecule has 1 rings (SSSR count). The molecule has 1 fully saturated rings. The number of nitrogens with one attached hydrogen (secondary N) is 2. The van der Waals surface area contributed by atoms with Crippen LogP contribution < -0.4 is 10.6 Å². The van der Waals surface area contributed by atoms with Crippen LogP contribution in [-0.2, 0) is 4.74 Å². The Labute approximate surface area is 135 Å². The van der Waals surface area contributed by atoms with Crippen LogP contribution >= 0.6 is 24.0 Å². The number of ether oxygens (including phenoxy) is 1. The molecule has 2 N–H and O–H groups in total. The Morgan fingerprint density at radius 1 is 1.16 bits per heavy atom. The van der Waals surface area contributed by atoms with Gasteiger partial charge >= 0.3 is 0 Å². The summed E-state index contributed by atoms with van der Waals surface area (Å²) in [5, 5.41) is 6.63. The average Bonchev–Trinajstić information content (AvgIpc) is 3.20. The van der Waals surface area contributed by atoms with Crippen molar-refractivity contribution in [3.05, 3.63) is 0 Å². The third kappa shape index (κ3) is 11.5. The van der Waals surface area contributed by atoms with Gasteiger partial charge in [-0.3, -0.25) is 4.99 Å². The number of aliphatic imine (C=N–C) groups is 1. The van der Waals surface area contributed by atoms with Crippen LogP contribution in [0, 0.1) is 5.92 Å². The van der Waals surface area contributed by atoms with E-state index in [-0.39, 0.29) is 24.0 Å². The molecule has 5 heteroatoms. The summed E-state index contributed by atoms with van der Waals surface area (Å²) in [5.74, 6) is 1.78. The molecule has 0 aromatic carbocycles. The highest BCUT2D eigenvalue weighted by atomic mass is 127. The molecule has 0 saturated heterocycles. The van der Waals surface area contributed by atoms with Crippen LogP contribution in [0.2, 0.25) is 0 Å². The maximum absolute atomic E-state index is 5.59. The van der Waals surface area contributed by atoms with Gasteiger partial charge in [-0.15, -0.1) is 24.0 Å². The zero-order valence-electron chi connectivity index (χ0n) is 12.4. The molecule has 19 heavy (non-hydrogen) atoms. The first-order valence-corrected chi connectivity index (χ1v) is 7.39. The van der Waals surface area contributed by atoms with Crippen molar-refractivity contribution in [2.75, 3.05) is 33.4 Å². The number of hydrogen-bond donors (Lipinski definition) is 2. The monoisotopic (exact) mass is 383 g/mol. The topological polar surface area (TPSA) is 45.7 Å². The van der Waals surface area contributed by atoms with Gasteiger partial charge in [0.2, 0.25) is 0 Å². The average molecular weight is 383 g/mol. The molecule has 1 aliphatic carbocycles.